The highest BCUT2D eigenvalue weighted by Gasteiger charge is 2.41. The number of nitro groups is 1. The number of piperidine rings is 1. The zero-order valence-corrected chi connectivity index (χ0v) is 22.6. The van der Waals surface area contributed by atoms with Crippen LogP contribution in [0.3, 0.4) is 0 Å². The summed E-state index contributed by atoms with van der Waals surface area (Å²) in [5, 5.41) is 11.7. The lowest BCUT2D eigenvalue weighted by atomic mass is 10.0. The van der Waals surface area contributed by atoms with E-state index in [0.717, 1.165) is 49.2 Å². The largest absolute Gasteiger partial charge is 0.371 e. The van der Waals surface area contributed by atoms with Crippen molar-refractivity contribution in [3.8, 4) is 0 Å². The van der Waals surface area contributed by atoms with E-state index in [1.165, 1.54) is 28.0 Å². The molecule has 3 aromatic rings. The van der Waals surface area contributed by atoms with Crippen molar-refractivity contribution in [3.05, 3.63) is 99.1 Å². The summed E-state index contributed by atoms with van der Waals surface area (Å²) < 4.78 is 0. The van der Waals surface area contributed by atoms with E-state index < -0.39 is 16.7 Å². The van der Waals surface area contributed by atoms with Gasteiger partial charge in [-0.15, -0.1) is 0 Å². The van der Waals surface area contributed by atoms with E-state index in [4.69, 9.17) is 12.2 Å². The molecule has 8 nitrogen and oxygen atoms in total. The predicted octanol–water partition coefficient (Wildman–Crippen LogP) is 5.95. The Morgan fingerprint density at radius 3 is 2.13 bits per heavy atom. The van der Waals surface area contributed by atoms with Crippen molar-refractivity contribution in [3.63, 3.8) is 0 Å². The second-order valence-electron chi connectivity index (χ2n) is 9.77. The molecule has 39 heavy (non-hydrogen) atoms. The number of rotatable bonds is 5. The molecule has 2 heterocycles. The average Bonchev–Trinajstić information content (AvgIpc) is 2.94. The fourth-order valence-electron chi connectivity index (χ4n) is 4.98. The van der Waals surface area contributed by atoms with Gasteiger partial charge in [0.05, 0.1) is 16.3 Å². The van der Waals surface area contributed by atoms with E-state index in [0.29, 0.717) is 16.9 Å². The van der Waals surface area contributed by atoms with Gasteiger partial charge in [0.1, 0.15) is 5.57 Å². The number of amides is 2. The number of aryl methyl sites for hydroxylation is 2. The number of carbonyl (C=O) groups is 2. The highest BCUT2D eigenvalue weighted by atomic mass is 32.1. The van der Waals surface area contributed by atoms with Crippen molar-refractivity contribution in [1.82, 2.24) is 0 Å². The Bertz CT molecular complexity index is 1510. The van der Waals surface area contributed by atoms with Gasteiger partial charge in [0.25, 0.3) is 17.5 Å². The Hall–Kier alpha value is -4.37. The first kappa shape index (κ1) is 26.2. The molecule has 0 spiro atoms. The number of nitrogens with zero attached hydrogens (tertiary/aromatic N) is 4. The van der Waals surface area contributed by atoms with Gasteiger partial charge in [0.2, 0.25) is 0 Å². The Morgan fingerprint density at radius 2 is 1.49 bits per heavy atom. The molecule has 2 amide bonds. The number of hydrogen-bond donors (Lipinski definition) is 0. The van der Waals surface area contributed by atoms with Crippen LogP contribution in [0.15, 0.2) is 72.3 Å². The van der Waals surface area contributed by atoms with E-state index in [2.05, 4.69) is 4.90 Å². The van der Waals surface area contributed by atoms with Crippen molar-refractivity contribution < 1.29 is 14.5 Å². The van der Waals surface area contributed by atoms with Crippen LogP contribution in [-0.4, -0.2) is 34.9 Å². The van der Waals surface area contributed by atoms with Crippen LogP contribution < -0.4 is 14.7 Å². The van der Waals surface area contributed by atoms with E-state index in [1.807, 2.05) is 32.0 Å². The molecule has 0 aliphatic carbocycles. The third kappa shape index (κ3) is 5.05. The highest BCUT2D eigenvalue weighted by molar-refractivity contribution is 7.81. The summed E-state index contributed by atoms with van der Waals surface area (Å²) in [6.45, 7) is 5.52. The molecule has 0 N–H and O–H groups in total. The zero-order chi connectivity index (χ0) is 27.7. The average molecular weight is 541 g/mol. The maximum Gasteiger partial charge on any atom is 0.270 e. The molecule has 3 aromatic carbocycles. The fourth-order valence-corrected chi connectivity index (χ4v) is 5.35. The molecule has 9 heteroatoms. The van der Waals surface area contributed by atoms with Crippen LogP contribution in [0.5, 0.6) is 0 Å². The Balaban J connectivity index is 1.69. The quantitative estimate of drug-likeness (QED) is 0.131. The first-order chi connectivity index (χ1) is 18.8. The number of carbonyl (C=O) groups excluding carboxylic acids is 2. The molecule has 2 saturated heterocycles. The van der Waals surface area contributed by atoms with E-state index in [9.17, 15) is 19.7 Å². The number of non-ortho nitro benzene ring substituents is 1. The number of benzene rings is 3. The Labute approximate surface area is 232 Å². The number of anilines is 3. The van der Waals surface area contributed by atoms with Gasteiger partial charge in [-0.05, 0) is 92.9 Å². The van der Waals surface area contributed by atoms with Gasteiger partial charge < -0.3 is 4.90 Å². The third-order valence-corrected chi connectivity index (χ3v) is 7.60. The van der Waals surface area contributed by atoms with E-state index in [1.54, 1.807) is 36.4 Å². The minimum atomic E-state index is -0.576. The summed E-state index contributed by atoms with van der Waals surface area (Å²) in [4.78, 5) is 44.0. The van der Waals surface area contributed by atoms with E-state index >= 15 is 0 Å². The zero-order valence-electron chi connectivity index (χ0n) is 21.8. The molecule has 5 rings (SSSR count). The normalized spacial score (nSPS) is 17.2. The van der Waals surface area contributed by atoms with Crippen LogP contribution in [-0.2, 0) is 9.59 Å². The van der Waals surface area contributed by atoms with Crippen LogP contribution in [0, 0.1) is 24.0 Å². The molecular weight excluding hydrogens is 512 g/mol. The number of nitro benzene ring substituents is 1. The molecule has 0 aromatic heterocycles. The standard InChI is InChI=1S/C30H28N4O4S/c1-20-11-12-24(17-21(20)2)33-29(36)26(28(35)32(30(33)39)23-9-5-3-6-10-23)19-22-18-25(34(37)38)13-14-27(22)31-15-7-4-8-16-31/h3,5-6,9-14,17-19H,4,7-8,15-16H2,1-2H3/b26-19+. The maximum atomic E-state index is 14.0. The monoisotopic (exact) mass is 540 g/mol. The molecule has 2 aliphatic rings. The number of hydrogen-bond acceptors (Lipinski definition) is 6. The van der Waals surface area contributed by atoms with Crippen LogP contribution >= 0.6 is 12.2 Å². The van der Waals surface area contributed by atoms with Gasteiger partial charge in [-0.3, -0.25) is 29.5 Å². The summed E-state index contributed by atoms with van der Waals surface area (Å²) in [5.41, 5.74) is 4.07. The Morgan fingerprint density at radius 1 is 0.821 bits per heavy atom. The molecule has 2 fully saturated rings. The maximum absolute atomic E-state index is 14.0. The predicted molar refractivity (Wildman–Crippen MR) is 157 cm³/mol. The minimum Gasteiger partial charge on any atom is -0.371 e. The number of thiocarbonyl (C=S) groups is 1. The van der Waals surface area contributed by atoms with Crippen LogP contribution in [0.25, 0.3) is 6.08 Å². The topological polar surface area (TPSA) is 87.0 Å². The highest BCUT2D eigenvalue weighted by Crippen LogP contribution is 2.34. The molecule has 0 saturated carbocycles. The smallest absolute Gasteiger partial charge is 0.270 e. The van der Waals surface area contributed by atoms with Gasteiger partial charge in [-0.25, -0.2) is 0 Å². The van der Waals surface area contributed by atoms with Gasteiger partial charge in [-0.2, -0.15) is 0 Å². The summed E-state index contributed by atoms with van der Waals surface area (Å²) in [5.74, 6) is -1.15. The Kier molecular flexibility index (Phi) is 7.26. The van der Waals surface area contributed by atoms with Gasteiger partial charge in [-0.1, -0.05) is 24.3 Å². The molecule has 0 unspecified atom stereocenters. The van der Waals surface area contributed by atoms with Crippen molar-refractivity contribution in [2.24, 2.45) is 0 Å². The lowest BCUT2D eigenvalue weighted by Gasteiger charge is -2.37. The summed E-state index contributed by atoms with van der Waals surface area (Å²) in [7, 11) is 0. The van der Waals surface area contributed by atoms with E-state index in [-0.39, 0.29) is 16.4 Å². The molecular formula is C30H28N4O4S. The first-order valence-electron chi connectivity index (χ1n) is 12.9. The molecule has 0 radical (unpaired) electrons. The lowest BCUT2D eigenvalue weighted by Crippen LogP contribution is -2.57. The molecule has 0 atom stereocenters. The molecule has 0 bridgehead atoms. The van der Waals surface area contributed by atoms with Gasteiger partial charge in [0.15, 0.2) is 5.11 Å². The molecule has 198 valence electrons. The van der Waals surface area contributed by atoms with Gasteiger partial charge >= 0.3 is 0 Å². The van der Waals surface area contributed by atoms with Crippen molar-refractivity contribution in [1.29, 1.82) is 0 Å². The third-order valence-electron chi connectivity index (χ3n) is 7.23. The summed E-state index contributed by atoms with van der Waals surface area (Å²) in [6, 6.07) is 19.1. The SMILES string of the molecule is Cc1ccc(N2C(=O)/C(=C/c3cc([N+](=O)[O-])ccc3N3CCCCC3)C(=O)N(c3ccccc3)C2=S)cc1C. The summed E-state index contributed by atoms with van der Waals surface area (Å²) in [6.07, 6.45) is 4.60. The second kappa shape index (κ2) is 10.8. The van der Waals surface area contributed by atoms with Crippen molar-refractivity contribution >= 4 is 58.0 Å². The lowest BCUT2D eigenvalue weighted by molar-refractivity contribution is -0.384. The second-order valence-corrected chi connectivity index (χ2v) is 10.1. The van der Waals surface area contributed by atoms with Gasteiger partial charge in [0, 0.05) is 36.5 Å². The van der Waals surface area contributed by atoms with Crippen molar-refractivity contribution in [2.75, 3.05) is 27.8 Å². The van der Waals surface area contributed by atoms with Crippen molar-refractivity contribution in [2.45, 2.75) is 33.1 Å². The first-order valence-corrected chi connectivity index (χ1v) is 13.3. The fraction of sp³-hybridized carbons (Fsp3) is 0.233. The number of para-hydroxylation sites is 1. The minimum absolute atomic E-state index is 0.0481. The van der Waals surface area contributed by atoms with Crippen LogP contribution in [0.4, 0.5) is 22.7 Å². The molecule has 2 aliphatic heterocycles. The summed E-state index contributed by atoms with van der Waals surface area (Å²) >= 11 is 5.73. The van der Waals surface area contributed by atoms with Crippen LogP contribution in [0.2, 0.25) is 0 Å². The van der Waals surface area contributed by atoms with Crippen LogP contribution in [0.1, 0.15) is 36.0 Å².